The average molecular weight is 551 g/mol. The lowest BCUT2D eigenvalue weighted by molar-refractivity contribution is 1.41. The zero-order chi connectivity index (χ0) is 29.2. The van der Waals surface area contributed by atoms with Crippen LogP contribution in [0.15, 0.2) is 164 Å². The lowest BCUT2D eigenvalue weighted by Crippen LogP contribution is -1.97. The number of allylic oxidation sites excluding steroid dienone is 2. The summed E-state index contributed by atoms with van der Waals surface area (Å²) in [7, 11) is 0. The van der Waals surface area contributed by atoms with E-state index < -0.39 is 0 Å². The highest BCUT2D eigenvalue weighted by Crippen LogP contribution is 2.36. The van der Waals surface area contributed by atoms with Gasteiger partial charge in [0.1, 0.15) is 0 Å². The Morgan fingerprint density at radius 3 is 2.07 bits per heavy atom. The number of rotatable bonds is 6. The Morgan fingerprint density at radius 1 is 0.558 bits per heavy atom. The molecule has 0 unspecified atom stereocenters. The standard InChI is InChI=1S/C41H30N2/c1-28(34-21-16-30-11-5-6-12-35(30)26-34)25-39(38-23-22-36(27-40(38)42)29-9-3-2-4-10-29)32-19-17-31(18-20-32)37-15-7-13-33-14-8-24-43-41(33)37/h2-27H,1,42H2/b39-25-. The fraction of sp³-hybridized carbons (Fsp3) is 0. The van der Waals surface area contributed by atoms with Crippen LogP contribution >= 0.6 is 0 Å². The molecule has 6 aromatic carbocycles. The Morgan fingerprint density at radius 2 is 1.26 bits per heavy atom. The third kappa shape index (κ3) is 5.23. The molecule has 0 aliphatic rings. The fourth-order valence-electron chi connectivity index (χ4n) is 5.75. The molecule has 0 bridgehead atoms. The zero-order valence-corrected chi connectivity index (χ0v) is 23.7. The fourth-order valence-corrected chi connectivity index (χ4v) is 5.75. The molecular weight excluding hydrogens is 520 g/mol. The molecule has 7 aromatic rings. The first kappa shape index (κ1) is 26.2. The van der Waals surface area contributed by atoms with Gasteiger partial charge in [0.25, 0.3) is 0 Å². The highest BCUT2D eigenvalue weighted by atomic mass is 14.6. The molecule has 204 valence electrons. The molecule has 0 aliphatic heterocycles. The van der Waals surface area contributed by atoms with Crippen molar-refractivity contribution in [2.45, 2.75) is 0 Å². The normalized spacial score (nSPS) is 11.6. The second kappa shape index (κ2) is 11.3. The van der Waals surface area contributed by atoms with Gasteiger partial charge in [-0.1, -0.05) is 134 Å². The smallest absolute Gasteiger partial charge is 0.0780 e. The Bertz CT molecular complexity index is 2130. The number of nitrogens with zero attached hydrogens (tertiary/aromatic N) is 1. The molecule has 1 aromatic heterocycles. The van der Waals surface area contributed by atoms with Crippen LogP contribution in [0.2, 0.25) is 0 Å². The molecule has 0 fully saturated rings. The van der Waals surface area contributed by atoms with Gasteiger partial charge in [0, 0.05) is 28.4 Å². The Balaban J connectivity index is 1.33. The first-order valence-electron chi connectivity index (χ1n) is 14.4. The number of benzene rings is 6. The van der Waals surface area contributed by atoms with E-state index in [1.165, 1.54) is 10.8 Å². The third-order valence-corrected chi connectivity index (χ3v) is 8.03. The van der Waals surface area contributed by atoms with Gasteiger partial charge >= 0.3 is 0 Å². The van der Waals surface area contributed by atoms with Crippen molar-refractivity contribution in [3.8, 4) is 22.3 Å². The van der Waals surface area contributed by atoms with Crippen molar-refractivity contribution >= 4 is 38.5 Å². The largest absolute Gasteiger partial charge is 0.398 e. The van der Waals surface area contributed by atoms with E-state index in [-0.39, 0.29) is 0 Å². The maximum atomic E-state index is 6.79. The minimum atomic E-state index is 0.723. The molecule has 0 spiro atoms. The maximum Gasteiger partial charge on any atom is 0.0780 e. The van der Waals surface area contributed by atoms with Crippen molar-refractivity contribution in [3.63, 3.8) is 0 Å². The summed E-state index contributed by atoms with van der Waals surface area (Å²) in [5.74, 6) is 0. The summed E-state index contributed by atoms with van der Waals surface area (Å²) < 4.78 is 0. The summed E-state index contributed by atoms with van der Waals surface area (Å²) in [6.45, 7) is 4.49. The molecule has 0 saturated carbocycles. The molecule has 43 heavy (non-hydrogen) atoms. The van der Waals surface area contributed by atoms with Gasteiger partial charge in [-0.2, -0.15) is 0 Å². The molecule has 0 saturated heterocycles. The molecule has 2 heteroatoms. The Labute approximate surface area is 252 Å². The molecule has 2 N–H and O–H groups in total. The van der Waals surface area contributed by atoms with E-state index in [0.29, 0.717) is 0 Å². The second-order valence-electron chi connectivity index (χ2n) is 10.8. The third-order valence-electron chi connectivity index (χ3n) is 8.03. The molecule has 1 heterocycles. The van der Waals surface area contributed by atoms with E-state index in [4.69, 9.17) is 5.73 Å². The summed E-state index contributed by atoms with van der Waals surface area (Å²) in [4.78, 5) is 4.66. The topological polar surface area (TPSA) is 38.9 Å². The van der Waals surface area contributed by atoms with Crippen LogP contribution in [0, 0.1) is 0 Å². The van der Waals surface area contributed by atoms with Crippen LogP contribution in [0.1, 0.15) is 16.7 Å². The van der Waals surface area contributed by atoms with Gasteiger partial charge in [-0.15, -0.1) is 0 Å². The number of para-hydroxylation sites is 1. The summed E-state index contributed by atoms with van der Waals surface area (Å²) in [5.41, 5.74) is 18.0. The lowest BCUT2D eigenvalue weighted by Gasteiger charge is -2.15. The summed E-state index contributed by atoms with van der Waals surface area (Å²) in [6.07, 6.45) is 4.01. The minimum Gasteiger partial charge on any atom is -0.398 e. The highest BCUT2D eigenvalue weighted by molar-refractivity contribution is 5.97. The molecule has 7 rings (SSSR count). The molecule has 2 nitrogen and oxygen atoms in total. The van der Waals surface area contributed by atoms with Gasteiger partial charge in [-0.3, -0.25) is 4.98 Å². The maximum absolute atomic E-state index is 6.79. The van der Waals surface area contributed by atoms with E-state index in [1.54, 1.807) is 0 Å². The Hall–Kier alpha value is -5.73. The van der Waals surface area contributed by atoms with Crippen molar-refractivity contribution in [1.82, 2.24) is 4.98 Å². The molecule has 0 atom stereocenters. The van der Waals surface area contributed by atoms with E-state index in [2.05, 4.69) is 139 Å². The van der Waals surface area contributed by atoms with Crippen LogP contribution in [0.3, 0.4) is 0 Å². The molecular formula is C41H30N2. The van der Waals surface area contributed by atoms with Gasteiger partial charge in [-0.05, 0) is 74.0 Å². The number of nitrogens with two attached hydrogens (primary N) is 1. The first-order chi connectivity index (χ1) is 21.1. The number of hydrogen-bond acceptors (Lipinski definition) is 2. The van der Waals surface area contributed by atoms with Gasteiger partial charge in [-0.25, -0.2) is 0 Å². The number of anilines is 1. The van der Waals surface area contributed by atoms with Crippen molar-refractivity contribution in [2.75, 3.05) is 5.73 Å². The van der Waals surface area contributed by atoms with Crippen LogP contribution in [-0.2, 0) is 0 Å². The number of pyridine rings is 1. The van der Waals surface area contributed by atoms with Gasteiger partial charge in [0.05, 0.1) is 5.52 Å². The van der Waals surface area contributed by atoms with E-state index >= 15 is 0 Å². The quantitative estimate of drug-likeness (QED) is 0.165. The monoisotopic (exact) mass is 550 g/mol. The van der Waals surface area contributed by atoms with Crippen LogP contribution in [0.4, 0.5) is 5.69 Å². The number of fused-ring (bicyclic) bond motifs is 2. The number of aromatic nitrogens is 1. The predicted molar refractivity (Wildman–Crippen MR) is 184 cm³/mol. The van der Waals surface area contributed by atoms with Gasteiger partial charge in [0.2, 0.25) is 0 Å². The van der Waals surface area contributed by atoms with Crippen LogP contribution in [0.5, 0.6) is 0 Å². The molecule has 0 radical (unpaired) electrons. The average Bonchev–Trinajstić information content (AvgIpc) is 3.07. The van der Waals surface area contributed by atoms with Crippen molar-refractivity contribution < 1.29 is 0 Å². The molecule has 0 amide bonds. The number of hydrogen-bond donors (Lipinski definition) is 1. The van der Waals surface area contributed by atoms with Crippen LogP contribution in [0.25, 0.3) is 55.1 Å². The summed E-state index contributed by atoms with van der Waals surface area (Å²) in [5, 5.41) is 3.53. The summed E-state index contributed by atoms with van der Waals surface area (Å²) in [6, 6.07) is 50.6. The number of nitrogen functional groups attached to an aromatic ring is 1. The van der Waals surface area contributed by atoms with Crippen molar-refractivity contribution in [2.24, 2.45) is 0 Å². The summed E-state index contributed by atoms with van der Waals surface area (Å²) >= 11 is 0. The van der Waals surface area contributed by atoms with Crippen LogP contribution in [-0.4, -0.2) is 4.98 Å². The lowest BCUT2D eigenvalue weighted by atomic mass is 9.90. The van der Waals surface area contributed by atoms with E-state index in [9.17, 15) is 0 Å². The SMILES string of the molecule is C=C(/C=C(/c1ccc(-c2cccc3cccnc23)cc1)c1ccc(-c2ccccc2)cc1N)c1ccc2ccccc2c1. The Kier molecular flexibility index (Phi) is 6.86. The highest BCUT2D eigenvalue weighted by Gasteiger charge is 2.13. The van der Waals surface area contributed by atoms with Crippen molar-refractivity contribution in [1.29, 1.82) is 0 Å². The van der Waals surface area contributed by atoms with Crippen LogP contribution < -0.4 is 5.73 Å². The minimum absolute atomic E-state index is 0.723. The predicted octanol–water partition coefficient (Wildman–Crippen LogP) is 10.4. The van der Waals surface area contributed by atoms with E-state index in [1.807, 2.05) is 30.5 Å². The second-order valence-corrected chi connectivity index (χ2v) is 10.8. The first-order valence-corrected chi connectivity index (χ1v) is 14.4. The van der Waals surface area contributed by atoms with Crippen molar-refractivity contribution in [3.05, 3.63) is 181 Å². The zero-order valence-electron chi connectivity index (χ0n) is 23.7. The van der Waals surface area contributed by atoms with Gasteiger partial charge in [0.15, 0.2) is 0 Å². The molecule has 0 aliphatic carbocycles. The van der Waals surface area contributed by atoms with E-state index in [0.717, 1.165) is 66.7 Å². The van der Waals surface area contributed by atoms with Gasteiger partial charge < -0.3 is 5.73 Å².